The van der Waals surface area contributed by atoms with Gasteiger partial charge in [-0.25, -0.2) is 0 Å². The minimum absolute atomic E-state index is 0.0394. The molecule has 7 nitrogen and oxygen atoms in total. The van der Waals surface area contributed by atoms with Crippen LogP contribution in [0.25, 0.3) is 0 Å². The first-order valence-corrected chi connectivity index (χ1v) is 13.5. The third-order valence-corrected chi connectivity index (χ3v) is 8.24. The Kier molecular flexibility index (Phi) is 6.15. The van der Waals surface area contributed by atoms with E-state index in [4.69, 9.17) is 5.73 Å². The standard InChI is InChI=1S/C28H22N2O5S2/c1-15-7-8-16(2)22(13-15)36-18-11-9-17(10-12-18)30-21-14-23(37(33,34)35)26(29)25-24(21)27(31)19-5-3-4-6-20(19)28(25)32/h3-14,30H,29H2,1-2H3,(H,33,34,35). The summed E-state index contributed by atoms with van der Waals surface area (Å²) in [5.41, 5.74) is 8.54. The van der Waals surface area contributed by atoms with E-state index < -0.39 is 32.3 Å². The Hall–Kier alpha value is -3.92. The number of hydrogen-bond acceptors (Lipinski definition) is 7. The number of ketones is 2. The van der Waals surface area contributed by atoms with E-state index in [1.54, 1.807) is 36.0 Å². The Morgan fingerprint density at radius 1 is 0.838 bits per heavy atom. The van der Waals surface area contributed by atoms with Gasteiger partial charge >= 0.3 is 0 Å². The van der Waals surface area contributed by atoms with Gasteiger partial charge in [-0.05, 0) is 61.4 Å². The Labute approximate surface area is 218 Å². The number of nitrogens with two attached hydrogens (primary N) is 1. The molecule has 4 aromatic carbocycles. The molecule has 0 unspecified atom stereocenters. The number of anilines is 3. The van der Waals surface area contributed by atoms with Gasteiger partial charge in [0.05, 0.1) is 22.5 Å². The van der Waals surface area contributed by atoms with Gasteiger partial charge in [0.2, 0.25) is 0 Å². The van der Waals surface area contributed by atoms with Crippen molar-refractivity contribution in [2.75, 3.05) is 11.1 Å². The number of benzene rings is 4. The van der Waals surface area contributed by atoms with Gasteiger partial charge in [0.25, 0.3) is 10.1 Å². The van der Waals surface area contributed by atoms with Crippen LogP contribution in [0.1, 0.15) is 43.0 Å². The molecule has 4 aromatic rings. The van der Waals surface area contributed by atoms with Gasteiger partial charge in [-0.2, -0.15) is 8.42 Å². The minimum atomic E-state index is -4.78. The summed E-state index contributed by atoms with van der Waals surface area (Å²) in [5.74, 6) is -1.06. The zero-order valence-corrected chi connectivity index (χ0v) is 21.5. The van der Waals surface area contributed by atoms with Crippen LogP contribution >= 0.6 is 11.8 Å². The van der Waals surface area contributed by atoms with Crippen LogP contribution in [-0.4, -0.2) is 24.5 Å². The molecule has 37 heavy (non-hydrogen) atoms. The highest BCUT2D eigenvalue weighted by atomic mass is 32.2. The topological polar surface area (TPSA) is 127 Å². The summed E-state index contributed by atoms with van der Waals surface area (Å²) in [6.45, 7) is 4.08. The van der Waals surface area contributed by atoms with Crippen LogP contribution in [0.2, 0.25) is 0 Å². The molecular formula is C28H22N2O5S2. The summed E-state index contributed by atoms with van der Waals surface area (Å²) in [6.07, 6.45) is 0. The fourth-order valence-electron chi connectivity index (χ4n) is 4.31. The molecule has 0 saturated carbocycles. The molecule has 0 amide bonds. The molecule has 0 bridgehead atoms. The summed E-state index contributed by atoms with van der Waals surface area (Å²) in [4.78, 5) is 28.2. The van der Waals surface area contributed by atoms with Crippen LogP contribution < -0.4 is 11.1 Å². The molecule has 0 spiro atoms. The van der Waals surface area contributed by atoms with Crippen molar-refractivity contribution >= 4 is 50.5 Å². The predicted octanol–water partition coefficient (Wildman–Crippen LogP) is 5.80. The Morgan fingerprint density at radius 3 is 2.08 bits per heavy atom. The van der Waals surface area contributed by atoms with E-state index in [9.17, 15) is 22.6 Å². The van der Waals surface area contributed by atoms with Crippen molar-refractivity contribution in [3.8, 4) is 0 Å². The predicted molar refractivity (Wildman–Crippen MR) is 144 cm³/mol. The lowest BCUT2D eigenvalue weighted by molar-refractivity contribution is 0.0980. The molecule has 0 heterocycles. The van der Waals surface area contributed by atoms with E-state index in [0.717, 1.165) is 27.0 Å². The molecule has 1 aliphatic rings. The molecular weight excluding hydrogens is 508 g/mol. The number of nitrogens with one attached hydrogen (secondary N) is 1. The van der Waals surface area contributed by atoms with Gasteiger partial charge in [-0.3, -0.25) is 14.1 Å². The summed E-state index contributed by atoms with van der Waals surface area (Å²) >= 11 is 1.61. The number of nitrogen functional groups attached to an aromatic ring is 1. The molecule has 5 rings (SSSR count). The lowest BCUT2D eigenvalue weighted by Gasteiger charge is -2.23. The summed E-state index contributed by atoms with van der Waals surface area (Å²) in [6, 6.07) is 21.0. The summed E-state index contributed by atoms with van der Waals surface area (Å²) in [5, 5.41) is 3.05. The van der Waals surface area contributed by atoms with E-state index in [2.05, 4.69) is 23.5 Å². The maximum Gasteiger partial charge on any atom is 0.296 e. The zero-order chi connectivity index (χ0) is 26.5. The molecule has 0 saturated heterocycles. The van der Waals surface area contributed by atoms with Gasteiger partial charge in [0.15, 0.2) is 11.6 Å². The van der Waals surface area contributed by atoms with Crippen molar-refractivity contribution in [1.82, 2.24) is 0 Å². The van der Waals surface area contributed by atoms with Crippen molar-refractivity contribution in [2.45, 2.75) is 28.5 Å². The molecule has 0 aliphatic heterocycles. The normalized spacial score (nSPS) is 12.7. The maximum absolute atomic E-state index is 13.4. The highest BCUT2D eigenvalue weighted by Crippen LogP contribution is 2.40. The molecule has 0 aromatic heterocycles. The van der Waals surface area contributed by atoms with Crippen LogP contribution in [0.15, 0.2) is 87.5 Å². The summed E-state index contributed by atoms with van der Waals surface area (Å²) < 4.78 is 34.0. The number of hydrogen-bond donors (Lipinski definition) is 3. The Morgan fingerprint density at radius 2 is 1.46 bits per heavy atom. The largest absolute Gasteiger partial charge is 0.397 e. The number of aryl methyl sites for hydroxylation is 2. The molecule has 4 N–H and O–H groups in total. The smallest absolute Gasteiger partial charge is 0.296 e. The van der Waals surface area contributed by atoms with E-state index in [1.807, 2.05) is 26.0 Å². The van der Waals surface area contributed by atoms with Crippen LogP contribution in [0.5, 0.6) is 0 Å². The van der Waals surface area contributed by atoms with Crippen molar-refractivity contribution in [2.24, 2.45) is 0 Å². The second-order valence-electron chi connectivity index (χ2n) is 8.79. The second-order valence-corrected chi connectivity index (χ2v) is 11.3. The first-order valence-electron chi connectivity index (χ1n) is 11.3. The lowest BCUT2D eigenvalue weighted by Crippen LogP contribution is -2.25. The monoisotopic (exact) mass is 530 g/mol. The molecule has 0 fully saturated rings. The lowest BCUT2D eigenvalue weighted by atomic mass is 9.82. The average Bonchev–Trinajstić information content (AvgIpc) is 2.86. The van der Waals surface area contributed by atoms with Crippen molar-refractivity contribution in [3.63, 3.8) is 0 Å². The van der Waals surface area contributed by atoms with Gasteiger partial charge in [-0.1, -0.05) is 48.2 Å². The molecule has 186 valence electrons. The Balaban J connectivity index is 1.57. The maximum atomic E-state index is 13.4. The Bertz CT molecular complexity index is 1710. The van der Waals surface area contributed by atoms with Gasteiger partial charge in [0.1, 0.15) is 4.90 Å². The fraction of sp³-hybridized carbons (Fsp3) is 0.0714. The first kappa shape index (κ1) is 24.8. The third kappa shape index (κ3) is 4.53. The molecule has 9 heteroatoms. The first-order chi connectivity index (χ1) is 17.5. The van der Waals surface area contributed by atoms with Crippen molar-refractivity contribution in [3.05, 3.63) is 106 Å². The van der Waals surface area contributed by atoms with Crippen molar-refractivity contribution in [1.29, 1.82) is 0 Å². The second kappa shape index (κ2) is 9.19. The number of rotatable bonds is 5. The molecule has 0 radical (unpaired) electrons. The van der Waals surface area contributed by atoms with E-state index in [-0.39, 0.29) is 27.9 Å². The van der Waals surface area contributed by atoms with Gasteiger partial charge < -0.3 is 11.1 Å². The third-order valence-electron chi connectivity index (χ3n) is 6.18. The average molecular weight is 531 g/mol. The van der Waals surface area contributed by atoms with Crippen LogP contribution in [0.3, 0.4) is 0 Å². The quantitative estimate of drug-likeness (QED) is 0.192. The molecule has 1 aliphatic carbocycles. The number of carbonyl (C=O) groups excluding carboxylic acids is 2. The number of carbonyl (C=O) groups is 2. The van der Waals surface area contributed by atoms with Gasteiger partial charge in [0, 0.05) is 26.6 Å². The SMILES string of the molecule is Cc1ccc(C)c(Sc2ccc(Nc3cc(S(=O)(=O)O)c(N)c4c3C(=O)c3ccccc3C4=O)cc2)c1. The zero-order valence-electron chi connectivity index (χ0n) is 19.9. The fourth-order valence-corrected chi connectivity index (χ4v) is 5.96. The number of fused-ring (bicyclic) bond motifs is 2. The molecule has 0 atom stereocenters. The van der Waals surface area contributed by atoms with E-state index >= 15 is 0 Å². The van der Waals surface area contributed by atoms with Crippen LogP contribution in [0, 0.1) is 13.8 Å². The van der Waals surface area contributed by atoms with Crippen LogP contribution in [-0.2, 0) is 10.1 Å². The minimum Gasteiger partial charge on any atom is -0.397 e. The van der Waals surface area contributed by atoms with E-state index in [1.165, 1.54) is 12.1 Å². The van der Waals surface area contributed by atoms with Gasteiger partial charge in [-0.15, -0.1) is 0 Å². The highest BCUT2D eigenvalue weighted by molar-refractivity contribution is 7.99. The highest BCUT2D eigenvalue weighted by Gasteiger charge is 2.36. The summed E-state index contributed by atoms with van der Waals surface area (Å²) in [7, 11) is -4.78. The van der Waals surface area contributed by atoms with Crippen molar-refractivity contribution < 1.29 is 22.6 Å². The van der Waals surface area contributed by atoms with Crippen LogP contribution in [0.4, 0.5) is 17.1 Å². The van der Waals surface area contributed by atoms with E-state index in [0.29, 0.717) is 5.69 Å².